The van der Waals surface area contributed by atoms with Crippen LogP contribution in [0.3, 0.4) is 0 Å². The van der Waals surface area contributed by atoms with Crippen LogP contribution in [-0.2, 0) is 17.1 Å². The molecular weight excluding hydrogens is 768 g/mol. The molecule has 6 aromatic rings. The van der Waals surface area contributed by atoms with Gasteiger partial charge >= 0.3 is 17.1 Å². The Morgan fingerprint density at radius 1 is 0.587 bits per heavy atom. The Kier molecular flexibility index (Phi) is 8.64. The van der Waals surface area contributed by atoms with Gasteiger partial charge in [-0.2, -0.15) is 0 Å². The third-order valence-electron chi connectivity index (χ3n) is 7.71. The molecule has 46 heavy (non-hydrogen) atoms. The third kappa shape index (κ3) is 5.95. The minimum Gasteiger partial charge on any atom is -0.657 e. The standard InChI is InChI=1S/C38H22Br2N4S.Cu/c39-35-21-25(38(40)45-35)11-14-28-29-17-19-33(43-29)36(23-7-3-1-4-8-23)31-15-12-26(41-31)22-27-13-16-32(42-27)37(24-9-5-2-6-10-24)34-20-18-30(28)44-34;/h1-22H;/q-2;+2/b14-11+,26-22?,27-22?,29-28?,30-28?,36-31?,36-33?,37-32?,37-34?;. The molecule has 0 amide bonds. The summed E-state index contributed by atoms with van der Waals surface area (Å²) in [6, 6.07) is 33.0. The molecule has 2 aromatic carbocycles. The first-order valence-electron chi connectivity index (χ1n) is 14.4. The van der Waals surface area contributed by atoms with Crippen molar-refractivity contribution in [2.45, 2.75) is 0 Å². The first-order chi connectivity index (χ1) is 22.1. The molecule has 0 saturated carbocycles. The summed E-state index contributed by atoms with van der Waals surface area (Å²) in [5.41, 5.74) is 12.9. The molecule has 6 heterocycles. The molecule has 0 unspecified atom stereocenters. The van der Waals surface area contributed by atoms with Gasteiger partial charge in [-0.15, -0.1) is 33.4 Å². The maximum Gasteiger partial charge on any atom is 2.00 e. The predicted octanol–water partition coefficient (Wildman–Crippen LogP) is 11.0. The fraction of sp³-hybridized carbons (Fsp3) is 0. The van der Waals surface area contributed by atoms with Crippen molar-refractivity contribution in [3.05, 3.63) is 139 Å². The van der Waals surface area contributed by atoms with Crippen molar-refractivity contribution in [2.75, 3.05) is 0 Å². The first-order valence-corrected chi connectivity index (χ1v) is 16.8. The van der Waals surface area contributed by atoms with Gasteiger partial charge in [0.15, 0.2) is 0 Å². The van der Waals surface area contributed by atoms with Crippen LogP contribution in [0.4, 0.5) is 0 Å². The van der Waals surface area contributed by atoms with E-state index in [0.29, 0.717) is 0 Å². The quantitative estimate of drug-likeness (QED) is 0.167. The zero-order valence-electron chi connectivity index (χ0n) is 24.0. The van der Waals surface area contributed by atoms with E-state index >= 15 is 0 Å². The number of hydrogen-bond donors (Lipinski definition) is 0. The summed E-state index contributed by atoms with van der Waals surface area (Å²) >= 11 is 8.96. The number of thiophene rings is 1. The number of benzene rings is 2. The van der Waals surface area contributed by atoms with E-state index < -0.39 is 0 Å². The average molecular weight is 790 g/mol. The molecule has 4 aromatic heterocycles. The van der Waals surface area contributed by atoms with E-state index in [2.05, 4.69) is 111 Å². The molecule has 8 rings (SSSR count). The number of rotatable bonds is 4. The van der Waals surface area contributed by atoms with E-state index in [4.69, 9.17) is 19.9 Å². The molecule has 0 atom stereocenters. The number of hydrogen-bond acceptors (Lipinski definition) is 3. The summed E-state index contributed by atoms with van der Waals surface area (Å²) in [4.78, 5) is 20.5. The van der Waals surface area contributed by atoms with Crippen molar-refractivity contribution in [3.63, 3.8) is 0 Å². The van der Waals surface area contributed by atoms with Gasteiger partial charge in [-0.25, -0.2) is 9.97 Å². The summed E-state index contributed by atoms with van der Waals surface area (Å²) < 4.78 is 2.11. The zero-order valence-corrected chi connectivity index (χ0v) is 28.9. The SMILES string of the molecule is Brc1cc(/C=C/c2c3nc(c(-c4ccccc4)c4ccc(cc5nc(c(-c6ccccc6)c6ccc2[n-]6)C=C5)[n-]4)C=C3)c(Br)s1.[Cu+2]. The number of halogens is 2. The van der Waals surface area contributed by atoms with Crippen molar-refractivity contribution >= 4 is 102 Å². The Morgan fingerprint density at radius 3 is 1.89 bits per heavy atom. The predicted molar refractivity (Wildman–Crippen MR) is 196 cm³/mol. The molecule has 2 aliphatic rings. The van der Waals surface area contributed by atoms with Crippen LogP contribution in [0.15, 0.2) is 105 Å². The van der Waals surface area contributed by atoms with Crippen LogP contribution in [0, 0.1) is 0 Å². The Hall–Kier alpha value is -4.04. The van der Waals surface area contributed by atoms with Gasteiger partial charge in [0, 0.05) is 5.56 Å². The second kappa shape index (κ2) is 13.0. The molecule has 8 bridgehead atoms. The van der Waals surface area contributed by atoms with Gasteiger partial charge in [0.25, 0.3) is 0 Å². The zero-order chi connectivity index (χ0) is 30.3. The van der Waals surface area contributed by atoms with Crippen LogP contribution >= 0.6 is 43.2 Å². The summed E-state index contributed by atoms with van der Waals surface area (Å²) in [5.74, 6) is 0. The van der Waals surface area contributed by atoms with Gasteiger partial charge in [0.2, 0.25) is 0 Å². The second-order valence-electron chi connectivity index (χ2n) is 10.6. The van der Waals surface area contributed by atoms with Crippen LogP contribution < -0.4 is 9.97 Å². The van der Waals surface area contributed by atoms with Crippen molar-refractivity contribution in [1.82, 2.24) is 19.9 Å². The normalized spacial score (nSPS) is 12.1. The summed E-state index contributed by atoms with van der Waals surface area (Å²) in [7, 11) is 0. The van der Waals surface area contributed by atoms with E-state index in [1.807, 2.05) is 54.6 Å². The minimum atomic E-state index is 0. The Bertz CT molecular complexity index is 2310. The van der Waals surface area contributed by atoms with Crippen molar-refractivity contribution < 1.29 is 17.1 Å². The topological polar surface area (TPSA) is 54.0 Å². The minimum absolute atomic E-state index is 0. The fourth-order valence-electron chi connectivity index (χ4n) is 5.65. The van der Waals surface area contributed by atoms with Crippen LogP contribution in [0.2, 0.25) is 0 Å². The summed E-state index contributed by atoms with van der Waals surface area (Å²) in [5, 5.41) is 0. The molecular formula is C38H22Br2CuN4S. The van der Waals surface area contributed by atoms with E-state index in [9.17, 15) is 0 Å². The van der Waals surface area contributed by atoms with Crippen molar-refractivity contribution in [1.29, 1.82) is 0 Å². The third-order valence-corrected chi connectivity index (χ3v) is 10.1. The van der Waals surface area contributed by atoms with E-state index in [-0.39, 0.29) is 17.1 Å². The molecule has 225 valence electrons. The Morgan fingerprint density at radius 2 is 1.20 bits per heavy atom. The number of nitrogens with zero attached hydrogens (tertiary/aromatic N) is 4. The molecule has 0 fully saturated rings. The molecule has 0 spiro atoms. The number of fused-ring (bicyclic) bond motifs is 8. The van der Waals surface area contributed by atoms with Crippen LogP contribution in [0.25, 0.3) is 80.8 Å². The maximum absolute atomic E-state index is 5.22. The smallest absolute Gasteiger partial charge is 0.657 e. The number of aromatic nitrogens is 4. The van der Waals surface area contributed by atoms with E-state index in [1.165, 1.54) is 0 Å². The van der Waals surface area contributed by atoms with Crippen LogP contribution in [-0.4, -0.2) is 9.97 Å². The molecule has 0 saturated heterocycles. The molecule has 8 heteroatoms. The van der Waals surface area contributed by atoms with Crippen molar-refractivity contribution in [3.8, 4) is 22.3 Å². The van der Waals surface area contributed by atoms with E-state index in [1.54, 1.807) is 11.3 Å². The average Bonchev–Trinajstić information content (AvgIpc) is 3.90. The first kappa shape index (κ1) is 30.6. The largest absolute Gasteiger partial charge is 2.00 e. The fourth-order valence-corrected chi connectivity index (χ4v) is 8.41. The maximum atomic E-state index is 5.22. The molecule has 0 aliphatic carbocycles. The molecule has 4 nitrogen and oxygen atoms in total. The second-order valence-corrected chi connectivity index (χ2v) is 14.3. The Labute approximate surface area is 297 Å². The molecule has 2 aliphatic heterocycles. The monoisotopic (exact) mass is 787 g/mol. The molecule has 0 N–H and O–H groups in total. The molecule has 1 radical (unpaired) electrons. The van der Waals surface area contributed by atoms with Gasteiger partial charge in [-0.3, -0.25) is 0 Å². The summed E-state index contributed by atoms with van der Waals surface area (Å²) in [6.45, 7) is 0. The van der Waals surface area contributed by atoms with Gasteiger partial charge < -0.3 is 9.97 Å². The Balaban J connectivity index is 0.00000338. The van der Waals surface area contributed by atoms with Crippen LogP contribution in [0.5, 0.6) is 0 Å². The van der Waals surface area contributed by atoms with Crippen LogP contribution in [0.1, 0.15) is 33.9 Å². The van der Waals surface area contributed by atoms with Gasteiger partial charge in [0.1, 0.15) is 0 Å². The van der Waals surface area contributed by atoms with Gasteiger partial charge in [0.05, 0.1) is 30.3 Å². The van der Waals surface area contributed by atoms with Crippen molar-refractivity contribution in [2.24, 2.45) is 0 Å². The van der Waals surface area contributed by atoms with Gasteiger partial charge in [-0.05, 0) is 90.0 Å². The van der Waals surface area contributed by atoms with E-state index in [0.717, 1.165) is 85.8 Å². The summed E-state index contributed by atoms with van der Waals surface area (Å²) in [6.07, 6.45) is 12.5. The van der Waals surface area contributed by atoms with Gasteiger partial charge in [-0.1, -0.05) is 103 Å².